The fraction of sp³-hybridized carbons (Fsp3) is 0.824. The zero-order chi connectivity index (χ0) is 17.6. The Morgan fingerprint density at radius 3 is 2.58 bits per heavy atom. The van der Waals surface area contributed by atoms with Crippen LogP contribution in [0.15, 0.2) is 4.52 Å². The minimum Gasteiger partial charge on any atom is -0.343 e. The maximum absolute atomic E-state index is 12.5. The lowest BCUT2D eigenvalue weighted by molar-refractivity contribution is -0.126. The number of nitrogens with zero attached hydrogens (tertiary/aromatic N) is 3. The quantitative estimate of drug-likeness (QED) is 0.713. The number of hydrogen-bond acceptors (Lipinski definition) is 6. The van der Waals surface area contributed by atoms with Crippen LogP contribution in [0.25, 0.3) is 0 Å². The van der Waals surface area contributed by atoms with E-state index in [2.05, 4.69) is 39.5 Å². The molecule has 7 nitrogen and oxygen atoms in total. The van der Waals surface area contributed by atoms with Gasteiger partial charge in [-0.15, -0.1) is 0 Å². The van der Waals surface area contributed by atoms with Crippen molar-refractivity contribution < 1.29 is 9.32 Å². The monoisotopic (exact) mass is 337 g/mol. The van der Waals surface area contributed by atoms with Crippen LogP contribution in [0.3, 0.4) is 0 Å². The Bertz CT molecular complexity index is 521. The Kier molecular flexibility index (Phi) is 6.74. The molecule has 24 heavy (non-hydrogen) atoms. The molecule has 1 fully saturated rings. The summed E-state index contributed by atoms with van der Waals surface area (Å²) < 4.78 is 5.46. The van der Waals surface area contributed by atoms with Gasteiger partial charge in [0.2, 0.25) is 11.8 Å². The first-order chi connectivity index (χ1) is 11.5. The molecule has 1 amide bonds. The van der Waals surface area contributed by atoms with Crippen LogP contribution in [-0.4, -0.2) is 47.6 Å². The molecule has 1 aromatic rings. The molecule has 1 heterocycles. The highest BCUT2D eigenvalue weighted by molar-refractivity contribution is 5.79. The van der Waals surface area contributed by atoms with Crippen LogP contribution in [0, 0.1) is 5.92 Å². The van der Waals surface area contributed by atoms with Crippen LogP contribution >= 0.6 is 0 Å². The van der Waals surface area contributed by atoms with E-state index in [9.17, 15) is 4.79 Å². The van der Waals surface area contributed by atoms with E-state index in [1.807, 2.05) is 14.0 Å². The number of nitrogens with one attached hydrogen (secondary N) is 2. The topological polar surface area (TPSA) is 83.3 Å². The van der Waals surface area contributed by atoms with Crippen molar-refractivity contribution in [2.75, 3.05) is 26.7 Å². The summed E-state index contributed by atoms with van der Waals surface area (Å²) in [7, 11) is 1.85. The van der Waals surface area contributed by atoms with Crippen molar-refractivity contribution >= 4 is 5.91 Å². The summed E-state index contributed by atoms with van der Waals surface area (Å²) in [4.78, 5) is 19.3. The van der Waals surface area contributed by atoms with Gasteiger partial charge < -0.3 is 15.2 Å². The van der Waals surface area contributed by atoms with Crippen molar-refractivity contribution in [1.29, 1.82) is 0 Å². The van der Waals surface area contributed by atoms with E-state index in [-0.39, 0.29) is 11.8 Å². The van der Waals surface area contributed by atoms with Gasteiger partial charge in [-0.05, 0) is 33.0 Å². The van der Waals surface area contributed by atoms with E-state index in [1.165, 1.54) is 0 Å². The summed E-state index contributed by atoms with van der Waals surface area (Å²) in [5, 5.41) is 10.5. The zero-order valence-electron chi connectivity index (χ0n) is 15.4. The molecule has 0 saturated heterocycles. The molecule has 1 unspecified atom stereocenters. The van der Waals surface area contributed by atoms with Crippen LogP contribution < -0.4 is 10.6 Å². The molecule has 0 aromatic carbocycles. The van der Waals surface area contributed by atoms with Gasteiger partial charge in [-0.2, -0.15) is 4.98 Å². The normalized spacial score (nSPS) is 18.0. The smallest absolute Gasteiger partial charge is 0.240 e. The first-order valence-electron chi connectivity index (χ1n) is 9.06. The summed E-state index contributed by atoms with van der Waals surface area (Å²) >= 11 is 0. The van der Waals surface area contributed by atoms with Gasteiger partial charge in [-0.3, -0.25) is 9.69 Å². The molecule has 0 aliphatic heterocycles. The Morgan fingerprint density at radius 2 is 2.00 bits per heavy atom. The van der Waals surface area contributed by atoms with Gasteiger partial charge in [0.05, 0.1) is 6.54 Å². The summed E-state index contributed by atoms with van der Waals surface area (Å²) in [6.07, 6.45) is 3.88. The van der Waals surface area contributed by atoms with Crippen LogP contribution in [0.1, 0.15) is 58.2 Å². The van der Waals surface area contributed by atoms with E-state index >= 15 is 0 Å². The molecule has 1 atom stereocenters. The second kappa shape index (κ2) is 8.58. The van der Waals surface area contributed by atoms with Gasteiger partial charge in [0.15, 0.2) is 5.82 Å². The molecule has 2 N–H and O–H groups in total. The molecule has 2 rings (SSSR count). The third-order valence-corrected chi connectivity index (χ3v) is 4.93. The molecule has 1 aliphatic carbocycles. The number of carbonyl (C=O) groups is 1. The molecule has 136 valence electrons. The van der Waals surface area contributed by atoms with Crippen LogP contribution in [-0.2, 0) is 16.9 Å². The highest BCUT2D eigenvalue weighted by atomic mass is 16.5. The van der Waals surface area contributed by atoms with E-state index in [0.717, 1.165) is 38.8 Å². The van der Waals surface area contributed by atoms with Crippen LogP contribution in [0.2, 0.25) is 0 Å². The molecule has 1 aromatic heterocycles. The Hall–Kier alpha value is -1.47. The van der Waals surface area contributed by atoms with Gasteiger partial charge >= 0.3 is 0 Å². The van der Waals surface area contributed by atoms with Crippen molar-refractivity contribution in [1.82, 2.24) is 25.7 Å². The Balaban J connectivity index is 2.12. The van der Waals surface area contributed by atoms with Crippen LogP contribution in [0.5, 0.6) is 0 Å². The third kappa shape index (κ3) is 4.33. The highest BCUT2D eigenvalue weighted by Gasteiger charge is 2.42. The summed E-state index contributed by atoms with van der Waals surface area (Å²) in [5.41, 5.74) is -0.468. The number of carbonyl (C=O) groups excluding carboxylic acids is 1. The third-order valence-electron chi connectivity index (χ3n) is 4.93. The average molecular weight is 337 g/mol. The SMILES string of the molecule is CCN(CC)Cc1nc(C2(NC(=O)C(C)CNC)CCCC2)no1. The standard InChI is InChI=1S/C17H31N5O2/c1-5-22(6-2)12-14-19-16(21-24-14)17(9-7-8-10-17)20-15(23)13(3)11-18-4/h13,18H,5-12H2,1-4H3,(H,20,23). The molecule has 0 spiro atoms. The Labute approximate surface area is 144 Å². The van der Waals surface area contributed by atoms with Gasteiger partial charge in [0.1, 0.15) is 5.54 Å². The maximum atomic E-state index is 12.5. The van der Waals surface area contributed by atoms with Crippen molar-refractivity contribution in [3.63, 3.8) is 0 Å². The molecule has 1 saturated carbocycles. The zero-order valence-corrected chi connectivity index (χ0v) is 15.4. The van der Waals surface area contributed by atoms with Crippen molar-refractivity contribution in [2.45, 2.75) is 58.5 Å². The summed E-state index contributed by atoms with van der Waals surface area (Å²) in [5.74, 6) is 1.21. The highest BCUT2D eigenvalue weighted by Crippen LogP contribution is 2.37. The fourth-order valence-corrected chi connectivity index (χ4v) is 3.29. The second-order valence-corrected chi connectivity index (χ2v) is 6.71. The largest absolute Gasteiger partial charge is 0.343 e. The van der Waals surface area contributed by atoms with Gasteiger partial charge in [-0.1, -0.05) is 38.8 Å². The van der Waals surface area contributed by atoms with E-state index in [0.29, 0.717) is 24.8 Å². The summed E-state index contributed by atoms with van der Waals surface area (Å²) in [6.45, 7) is 9.35. The average Bonchev–Trinajstić information content (AvgIpc) is 3.23. The Morgan fingerprint density at radius 1 is 1.33 bits per heavy atom. The van der Waals surface area contributed by atoms with Crippen molar-refractivity contribution in [3.05, 3.63) is 11.7 Å². The van der Waals surface area contributed by atoms with Crippen molar-refractivity contribution in [3.8, 4) is 0 Å². The lowest BCUT2D eigenvalue weighted by atomic mass is 9.95. The first-order valence-corrected chi connectivity index (χ1v) is 9.06. The van der Waals surface area contributed by atoms with E-state index in [1.54, 1.807) is 0 Å². The minimum atomic E-state index is -0.468. The summed E-state index contributed by atoms with van der Waals surface area (Å²) in [6, 6.07) is 0. The number of aromatic nitrogens is 2. The minimum absolute atomic E-state index is 0.0429. The number of hydrogen-bond donors (Lipinski definition) is 2. The maximum Gasteiger partial charge on any atom is 0.240 e. The second-order valence-electron chi connectivity index (χ2n) is 6.71. The first kappa shape index (κ1) is 18.9. The molecule has 1 aliphatic rings. The van der Waals surface area contributed by atoms with Gasteiger partial charge in [0.25, 0.3) is 0 Å². The predicted octanol–water partition coefficient (Wildman–Crippen LogP) is 1.65. The molecule has 0 radical (unpaired) electrons. The lowest BCUT2D eigenvalue weighted by Crippen LogP contribution is -2.48. The number of rotatable bonds is 9. The van der Waals surface area contributed by atoms with E-state index < -0.39 is 5.54 Å². The number of amides is 1. The van der Waals surface area contributed by atoms with Crippen LogP contribution in [0.4, 0.5) is 0 Å². The van der Waals surface area contributed by atoms with Crippen molar-refractivity contribution in [2.24, 2.45) is 5.92 Å². The lowest BCUT2D eigenvalue weighted by Gasteiger charge is -2.28. The van der Waals surface area contributed by atoms with E-state index in [4.69, 9.17) is 4.52 Å². The van der Waals surface area contributed by atoms with Gasteiger partial charge in [-0.25, -0.2) is 0 Å². The van der Waals surface area contributed by atoms with Gasteiger partial charge in [0, 0.05) is 12.5 Å². The molecular weight excluding hydrogens is 306 g/mol. The molecule has 7 heteroatoms. The molecular formula is C17H31N5O2. The molecule has 0 bridgehead atoms. The predicted molar refractivity (Wildman–Crippen MR) is 92.3 cm³/mol. The fourth-order valence-electron chi connectivity index (χ4n) is 3.29.